The summed E-state index contributed by atoms with van der Waals surface area (Å²) in [6.45, 7) is 4.23. The van der Waals surface area contributed by atoms with Crippen molar-refractivity contribution in [2.24, 2.45) is 11.8 Å². The number of carboxylic acid groups (broad SMARTS) is 1. The lowest BCUT2D eigenvalue weighted by atomic mass is 9.98. The number of aliphatic carboxylic acids is 1. The van der Waals surface area contributed by atoms with Crippen molar-refractivity contribution in [3.63, 3.8) is 0 Å². The van der Waals surface area contributed by atoms with Crippen LogP contribution >= 0.6 is 0 Å². The van der Waals surface area contributed by atoms with Gasteiger partial charge in [-0.2, -0.15) is 0 Å². The molecule has 0 aromatic heterocycles. The summed E-state index contributed by atoms with van der Waals surface area (Å²) < 4.78 is 11.1. The quantitative estimate of drug-likeness (QED) is 0.551. The molecular weight excluding hydrogens is 436 g/mol. The number of rotatable bonds is 8. The van der Waals surface area contributed by atoms with Crippen LogP contribution in [0, 0.1) is 11.8 Å². The Morgan fingerprint density at radius 1 is 1.06 bits per heavy atom. The zero-order valence-corrected chi connectivity index (χ0v) is 19.3. The third kappa shape index (κ3) is 4.92. The Bertz CT molecular complexity index is 1020. The number of carbonyl (C=O) groups is 3. The van der Waals surface area contributed by atoms with E-state index in [4.69, 9.17) is 9.47 Å². The fraction of sp³-hybridized carbons (Fsp3) is 0.423. The molecule has 0 bridgehead atoms. The predicted octanol–water partition coefficient (Wildman–Crippen LogP) is 3.16. The fourth-order valence-corrected chi connectivity index (χ4v) is 4.75. The van der Waals surface area contributed by atoms with Crippen LogP contribution < -0.4 is 10.6 Å². The van der Waals surface area contributed by atoms with Crippen LogP contribution in [0.2, 0.25) is 0 Å². The Balaban J connectivity index is 1.31. The molecule has 2 aromatic rings. The minimum atomic E-state index is -1.09. The van der Waals surface area contributed by atoms with Crippen LogP contribution in [-0.4, -0.2) is 55.0 Å². The molecule has 2 aliphatic rings. The van der Waals surface area contributed by atoms with Crippen molar-refractivity contribution in [3.8, 4) is 11.1 Å². The molecule has 3 atom stereocenters. The summed E-state index contributed by atoms with van der Waals surface area (Å²) in [6.07, 6.45) is -0.783. The first-order valence-corrected chi connectivity index (χ1v) is 11.6. The molecule has 0 spiro atoms. The van der Waals surface area contributed by atoms with E-state index in [2.05, 4.69) is 34.9 Å². The van der Waals surface area contributed by atoms with Gasteiger partial charge in [0.1, 0.15) is 18.8 Å². The van der Waals surface area contributed by atoms with Gasteiger partial charge in [-0.1, -0.05) is 62.4 Å². The predicted molar refractivity (Wildman–Crippen MR) is 125 cm³/mol. The summed E-state index contributed by atoms with van der Waals surface area (Å²) in [5, 5.41) is 14.6. The summed E-state index contributed by atoms with van der Waals surface area (Å²) in [5.74, 6) is -2.12. The summed E-state index contributed by atoms with van der Waals surface area (Å²) in [4.78, 5) is 36.5. The lowest BCUT2D eigenvalue weighted by molar-refractivity contribution is -0.145. The molecule has 1 unspecified atom stereocenters. The van der Waals surface area contributed by atoms with Crippen LogP contribution in [0.5, 0.6) is 0 Å². The Hall–Kier alpha value is -3.39. The summed E-state index contributed by atoms with van der Waals surface area (Å²) in [5.41, 5.74) is 4.58. The molecule has 0 radical (unpaired) electrons. The largest absolute Gasteiger partial charge is 0.480 e. The van der Waals surface area contributed by atoms with E-state index < -0.39 is 30.1 Å². The van der Waals surface area contributed by atoms with Crippen molar-refractivity contribution >= 4 is 18.0 Å². The average molecular weight is 467 g/mol. The lowest BCUT2D eigenvalue weighted by Crippen LogP contribution is -2.50. The second-order valence-corrected chi connectivity index (χ2v) is 9.12. The van der Waals surface area contributed by atoms with Gasteiger partial charge in [0.15, 0.2) is 0 Å². The molecule has 1 aliphatic carbocycles. The SMILES string of the molecule is CC(C)C(NC(=O)[C@@H]1OCC[C@@H]1CNC(=O)OCC1c2ccccc2-c2ccccc21)C(=O)O. The standard InChI is InChI=1S/C26H30N2O6/c1-15(2)22(25(30)31)28-24(29)23-16(11-12-33-23)13-27-26(32)34-14-21-19-9-5-3-7-17(19)18-8-4-6-10-20(18)21/h3-10,15-16,21-23H,11-14H2,1-2H3,(H,27,32)(H,28,29)(H,30,31)/t16-,22?,23-/m1/s1. The van der Waals surface area contributed by atoms with Crippen LogP contribution in [0.1, 0.15) is 37.3 Å². The van der Waals surface area contributed by atoms with E-state index in [1.165, 1.54) is 0 Å². The molecule has 34 heavy (non-hydrogen) atoms. The molecule has 0 saturated carbocycles. The Morgan fingerprint density at radius 2 is 1.68 bits per heavy atom. The molecule has 180 valence electrons. The van der Waals surface area contributed by atoms with Gasteiger partial charge in [0, 0.05) is 25.0 Å². The van der Waals surface area contributed by atoms with E-state index in [1.54, 1.807) is 13.8 Å². The van der Waals surface area contributed by atoms with Crippen LogP contribution in [0.25, 0.3) is 11.1 Å². The van der Waals surface area contributed by atoms with E-state index in [0.29, 0.717) is 13.0 Å². The maximum Gasteiger partial charge on any atom is 0.407 e. The van der Waals surface area contributed by atoms with Gasteiger partial charge in [-0.05, 0) is 34.6 Å². The van der Waals surface area contributed by atoms with Gasteiger partial charge in [0.05, 0.1) is 0 Å². The van der Waals surface area contributed by atoms with Crippen molar-refractivity contribution < 1.29 is 29.0 Å². The smallest absolute Gasteiger partial charge is 0.407 e. The van der Waals surface area contributed by atoms with Gasteiger partial charge in [0.2, 0.25) is 5.91 Å². The monoisotopic (exact) mass is 466 g/mol. The van der Waals surface area contributed by atoms with Gasteiger partial charge in [-0.3, -0.25) is 4.79 Å². The minimum absolute atomic E-state index is 0.0320. The fourth-order valence-electron chi connectivity index (χ4n) is 4.75. The molecule has 1 heterocycles. The molecule has 1 saturated heterocycles. The van der Waals surface area contributed by atoms with Gasteiger partial charge in [0.25, 0.3) is 0 Å². The maximum atomic E-state index is 12.6. The van der Waals surface area contributed by atoms with Crippen molar-refractivity contribution in [2.45, 2.75) is 38.3 Å². The zero-order chi connectivity index (χ0) is 24.2. The molecule has 1 aliphatic heterocycles. The Morgan fingerprint density at radius 3 is 2.26 bits per heavy atom. The highest BCUT2D eigenvalue weighted by Gasteiger charge is 2.37. The third-order valence-electron chi connectivity index (χ3n) is 6.56. The number of ether oxygens (including phenoxy) is 2. The highest BCUT2D eigenvalue weighted by Crippen LogP contribution is 2.44. The number of carbonyl (C=O) groups excluding carboxylic acids is 2. The van der Waals surface area contributed by atoms with Crippen LogP contribution in [0.3, 0.4) is 0 Å². The number of hydrogen-bond acceptors (Lipinski definition) is 5. The van der Waals surface area contributed by atoms with Gasteiger partial charge in [-0.15, -0.1) is 0 Å². The van der Waals surface area contributed by atoms with E-state index >= 15 is 0 Å². The minimum Gasteiger partial charge on any atom is -0.480 e. The maximum absolute atomic E-state index is 12.6. The normalized spacial score (nSPS) is 19.9. The van der Waals surface area contributed by atoms with E-state index in [0.717, 1.165) is 22.3 Å². The summed E-state index contributed by atoms with van der Waals surface area (Å²) in [7, 11) is 0. The zero-order valence-electron chi connectivity index (χ0n) is 19.3. The molecule has 1 fully saturated rings. The highest BCUT2D eigenvalue weighted by atomic mass is 16.5. The second-order valence-electron chi connectivity index (χ2n) is 9.12. The summed E-state index contributed by atoms with van der Waals surface area (Å²) in [6, 6.07) is 15.2. The van der Waals surface area contributed by atoms with E-state index in [-0.39, 0.29) is 30.9 Å². The van der Waals surface area contributed by atoms with Crippen LogP contribution in [0.4, 0.5) is 4.79 Å². The Kier molecular flexibility index (Phi) is 7.17. The number of hydrogen-bond donors (Lipinski definition) is 3. The topological polar surface area (TPSA) is 114 Å². The number of alkyl carbamates (subject to hydrolysis) is 1. The number of carboxylic acids is 1. The first kappa shape index (κ1) is 23.8. The van der Waals surface area contributed by atoms with Gasteiger partial charge >= 0.3 is 12.1 Å². The molecule has 3 N–H and O–H groups in total. The first-order chi connectivity index (χ1) is 16.4. The molecule has 8 heteroatoms. The van der Waals surface area contributed by atoms with E-state index in [9.17, 15) is 19.5 Å². The van der Waals surface area contributed by atoms with E-state index in [1.807, 2.05) is 24.3 Å². The second kappa shape index (κ2) is 10.3. The highest BCUT2D eigenvalue weighted by molar-refractivity contribution is 5.87. The number of nitrogens with one attached hydrogen (secondary N) is 2. The van der Waals surface area contributed by atoms with Crippen molar-refractivity contribution in [2.75, 3.05) is 19.8 Å². The van der Waals surface area contributed by atoms with Crippen LogP contribution in [0.15, 0.2) is 48.5 Å². The average Bonchev–Trinajstić information content (AvgIpc) is 3.42. The third-order valence-corrected chi connectivity index (χ3v) is 6.56. The van der Waals surface area contributed by atoms with Crippen molar-refractivity contribution in [3.05, 3.63) is 59.7 Å². The Labute approximate surface area is 198 Å². The molecular formula is C26H30N2O6. The van der Waals surface area contributed by atoms with Crippen molar-refractivity contribution in [1.29, 1.82) is 0 Å². The molecule has 4 rings (SSSR count). The molecule has 8 nitrogen and oxygen atoms in total. The van der Waals surface area contributed by atoms with Crippen LogP contribution in [-0.2, 0) is 19.1 Å². The summed E-state index contributed by atoms with van der Waals surface area (Å²) >= 11 is 0. The van der Waals surface area contributed by atoms with Gasteiger partial charge < -0.3 is 25.2 Å². The number of benzene rings is 2. The molecule has 2 aromatic carbocycles. The van der Waals surface area contributed by atoms with Gasteiger partial charge in [-0.25, -0.2) is 9.59 Å². The van der Waals surface area contributed by atoms with Crippen molar-refractivity contribution in [1.82, 2.24) is 10.6 Å². The number of amides is 2. The molecule has 2 amide bonds. The number of fused-ring (bicyclic) bond motifs is 3. The first-order valence-electron chi connectivity index (χ1n) is 11.6. The lowest BCUT2D eigenvalue weighted by Gasteiger charge is -2.23.